The maximum Gasteiger partial charge on any atom is 0.0609 e. The molecule has 0 spiro atoms. The van der Waals surface area contributed by atoms with Crippen molar-refractivity contribution in [2.24, 2.45) is 0 Å². The summed E-state index contributed by atoms with van der Waals surface area (Å²) in [4.78, 5) is 0. The second-order valence-electron chi connectivity index (χ2n) is 3.22. The molecule has 0 radical (unpaired) electrons. The lowest BCUT2D eigenvalue weighted by Crippen LogP contribution is -2.17. The second kappa shape index (κ2) is 4.34. The summed E-state index contributed by atoms with van der Waals surface area (Å²) in [7, 11) is -0.871. The molecule has 0 N–H and O–H groups in total. The molecule has 2 heteroatoms. The fraction of sp³-hybridized carbons (Fsp3) is 0.714. The van der Waals surface area contributed by atoms with E-state index in [9.17, 15) is 0 Å². The van der Waals surface area contributed by atoms with Crippen LogP contribution >= 0.6 is 22.6 Å². The van der Waals surface area contributed by atoms with Gasteiger partial charge >= 0.3 is 0 Å². The highest BCUT2D eigenvalue weighted by atomic mass is 127. The van der Waals surface area contributed by atoms with Gasteiger partial charge in [0, 0.05) is 6.04 Å². The van der Waals surface area contributed by atoms with Crippen molar-refractivity contribution in [1.29, 1.82) is 0 Å². The highest BCUT2D eigenvalue weighted by Gasteiger charge is 2.09. The van der Waals surface area contributed by atoms with Gasteiger partial charge in [-0.25, -0.2) is 0 Å². The smallest absolute Gasteiger partial charge is 0.0609 e. The van der Waals surface area contributed by atoms with Gasteiger partial charge in [-0.05, 0) is 0 Å². The van der Waals surface area contributed by atoms with E-state index in [-0.39, 0.29) is 0 Å². The summed E-state index contributed by atoms with van der Waals surface area (Å²) >= 11 is 2.28. The van der Waals surface area contributed by atoms with E-state index in [0.717, 1.165) is 10.5 Å². The summed E-state index contributed by atoms with van der Waals surface area (Å²) in [5.74, 6) is 6.26. The third-order valence-electron chi connectivity index (χ3n) is 0.811. The van der Waals surface area contributed by atoms with Gasteiger partial charge in [-0.15, -0.1) is 5.92 Å². The molecule has 0 aromatic carbocycles. The molecule has 0 aliphatic carbocycles. The van der Waals surface area contributed by atoms with Gasteiger partial charge < -0.3 is 0 Å². The van der Waals surface area contributed by atoms with Crippen molar-refractivity contribution in [3.05, 3.63) is 0 Å². The molecule has 0 bridgehead atoms. The zero-order valence-electron chi connectivity index (χ0n) is 6.29. The minimum atomic E-state index is -0.871. The summed E-state index contributed by atoms with van der Waals surface area (Å²) in [6.07, 6.45) is 0. The molecule has 0 atom stereocenters. The van der Waals surface area contributed by atoms with Crippen LogP contribution in [0.25, 0.3) is 0 Å². The monoisotopic (exact) mass is 252 g/mol. The molecule has 0 rings (SSSR count). The molecule has 0 aromatic heterocycles. The molecule has 9 heavy (non-hydrogen) atoms. The lowest BCUT2D eigenvalue weighted by molar-refractivity contribution is 1.57. The topological polar surface area (TPSA) is 0 Å². The molecule has 0 fully saturated rings. The van der Waals surface area contributed by atoms with E-state index >= 15 is 0 Å². The van der Waals surface area contributed by atoms with Gasteiger partial charge in [0.25, 0.3) is 0 Å². The maximum absolute atomic E-state index is 3.18. The van der Waals surface area contributed by atoms with Gasteiger partial charge in [-0.2, -0.15) is 0 Å². The Morgan fingerprint density at radius 3 is 2.11 bits per heavy atom. The lowest BCUT2D eigenvalue weighted by atomic mass is 10.7. The van der Waals surface area contributed by atoms with Gasteiger partial charge in [0.15, 0.2) is 0 Å². The van der Waals surface area contributed by atoms with Crippen molar-refractivity contribution in [1.82, 2.24) is 0 Å². The molecule has 0 aliphatic heterocycles. The Morgan fingerprint density at radius 1 is 1.22 bits per heavy atom. The fourth-order valence-electron chi connectivity index (χ4n) is 0.375. The normalized spacial score (nSPS) is 10.2. The van der Waals surface area contributed by atoms with Gasteiger partial charge in [-0.3, -0.25) is 0 Å². The van der Waals surface area contributed by atoms with E-state index in [0.29, 0.717) is 0 Å². The molecule has 0 heterocycles. The summed E-state index contributed by atoms with van der Waals surface area (Å²) in [6.45, 7) is 7.03. The van der Waals surface area contributed by atoms with Crippen molar-refractivity contribution in [3.63, 3.8) is 0 Å². The number of alkyl halides is 1. The second-order valence-corrected chi connectivity index (χ2v) is 9.46. The first kappa shape index (κ1) is 9.51. The number of halogens is 1. The van der Waals surface area contributed by atoms with E-state index in [4.69, 9.17) is 0 Å². The van der Waals surface area contributed by atoms with Crippen LogP contribution in [-0.4, -0.2) is 12.5 Å². The molecule has 0 unspecified atom stereocenters. The van der Waals surface area contributed by atoms with Gasteiger partial charge in [0.1, 0.15) is 0 Å². The first-order valence-electron chi connectivity index (χ1n) is 3.08. The molecule has 0 amide bonds. The maximum atomic E-state index is 3.18. The Balaban J connectivity index is 3.50. The van der Waals surface area contributed by atoms with Gasteiger partial charge in [0.2, 0.25) is 0 Å². The summed E-state index contributed by atoms with van der Waals surface area (Å²) in [5.41, 5.74) is 0. The van der Waals surface area contributed by atoms with E-state index in [2.05, 4.69) is 54.1 Å². The Morgan fingerprint density at radius 2 is 1.78 bits per heavy atom. The lowest BCUT2D eigenvalue weighted by Gasteiger charge is -2.09. The first-order chi connectivity index (χ1) is 4.06. The van der Waals surface area contributed by atoms with Gasteiger partial charge in [0.05, 0.1) is 12.5 Å². The summed E-state index contributed by atoms with van der Waals surface area (Å²) in [6, 6.07) is 1.15. The number of hydrogen-bond donors (Lipinski definition) is 0. The SMILES string of the molecule is C[Si](C)(C)CC#CCI. The molecule has 0 aliphatic rings. The van der Waals surface area contributed by atoms with Crippen molar-refractivity contribution < 1.29 is 0 Å². The summed E-state index contributed by atoms with van der Waals surface area (Å²) in [5, 5.41) is 0. The van der Waals surface area contributed by atoms with E-state index in [1.165, 1.54) is 0 Å². The third-order valence-corrected chi connectivity index (χ3v) is 2.43. The average Bonchev–Trinajstić information content (AvgIpc) is 1.63. The predicted octanol–water partition coefficient (Wildman–Crippen LogP) is 2.76. The number of rotatable bonds is 1. The zero-order valence-corrected chi connectivity index (χ0v) is 9.45. The van der Waals surface area contributed by atoms with Crippen LogP contribution in [0.1, 0.15) is 0 Å². The minimum Gasteiger partial charge on any atom is -0.106 e. The molecular weight excluding hydrogens is 239 g/mol. The van der Waals surface area contributed by atoms with E-state index < -0.39 is 8.07 Å². The molecule has 0 saturated carbocycles. The molecule has 52 valence electrons. The largest absolute Gasteiger partial charge is 0.106 e. The quantitative estimate of drug-likeness (QED) is 0.291. The standard InChI is InChI=1S/C7H13ISi/c1-9(2,3)7-5-4-6-8/h6-7H2,1-3H3. The average molecular weight is 252 g/mol. The van der Waals surface area contributed by atoms with Crippen LogP contribution in [0.15, 0.2) is 0 Å². The van der Waals surface area contributed by atoms with Crippen molar-refractivity contribution >= 4 is 30.7 Å². The van der Waals surface area contributed by atoms with Crippen molar-refractivity contribution in [3.8, 4) is 11.8 Å². The molecular formula is C7H13ISi. The summed E-state index contributed by atoms with van der Waals surface area (Å²) < 4.78 is 0.974. The van der Waals surface area contributed by atoms with Crippen LogP contribution in [0.5, 0.6) is 0 Å². The van der Waals surface area contributed by atoms with Gasteiger partial charge in [-0.1, -0.05) is 48.2 Å². The minimum absolute atomic E-state index is 0.871. The molecule has 0 saturated heterocycles. The Kier molecular flexibility index (Phi) is 4.59. The molecule has 0 aromatic rings. The van der Waals surface area contributed by atoms with Crippen molar-refractivity contribution in [2.45, 2.75) is 25.7 Å². The van der Waals surface area contributed by atoms with Crippen LogP contribution < -0.4 is 0 Å². The van der Waals surface area contributed by atoms with Crippen LogP contribution in [0.4, 0.5) is 0 Å². The van der Waals surface area contributed by atoms with Crippen LogP contribution in [0.3, 0.4) is 0 Å². The van der Waals surface area contributed by atoms with E-state index in [1.54, 1.807) is 0 Å². The third kappa shape index (κ3) is 8.51. The zero-order chi connectivity index (χ0) is 7.33. The predicted molar refractivity (Wildman–Crippen MR) is 54.8 cm³/mol. The van der Waals surface area contributed by atoms with Crippen LogP contribution in [0, 0.1) is 11.8 Å². The Hall–Kier alpha value is 0.507. The highest BCUT2D eigenvalue weighted by Crippen LogP contribution is 2.05. The highest BCUT2D eigenvalue weighted by molar-refractivity contribution is 14.1. The van der Waals surface area contributed by atoms with Crippen LogP contribution in [-0.2, 0) is 0 Å². The fourth-order valence-corrected chi connectivity index (χ4v) is 1.30. The first-order valence-corrected chi connectivity index (χ1v) is 8.31. The number of hydrogen-bond acceptors (Lipinski definition) is 0. The van der Waals surface area contributed by atoms with E-state index in [1.807, 2.05) is 0 Å². The van der Waals surface area contributed by atoms with Crippen molar-refractivity contribution in [2.75, 3.05) is 4.43 Å². The Labute approximate surface area is 72.6 Å². The molecule has 0 nitrogen and oxygen atoms in total. The Bertz CT molecular complexity index is 124. The van der Waals surface area contributed by atoms with Crippen LogP contribution in [0.2, 0.25) is 25.7 Å².